The maximum absolute atomic E-state index is 9.39. The molecule has 0 bridgehead atoms. The summed E-state index contributed by atoms with van der Waals surface area (Å²) in [5.74, 6) is 0. The summed E-state index contributed by atoms with van der Waals surface area (Å²) in [5.41, 5.74) is 13.4. The summed E-state index contributed by atoms with van der Waals surface area (Å²) in [6.07, 6.45) is 2.68. The predicted molar refractivity (Wildman–Crippen MR) is 119 cm³/mol. The maximum Gasteiger partial charge on any atom is 0.0991 e. The van der Waals surface area contributed by atoms with E-state index in [0.29, 0.717) is 18.7 Å². The van der Waals surface area contributed by atoms with Gasteiger partial charge in [-0.05, 0) is 55.3 Å². The third-order valence-electron chi connectivity index (χ3n) is 5.14. The van der Waals surface area contributed by atoms with Gasteiger partial charge in [-0.15, -0.1) is 0 Å². The van der Waals surface area contributed by atoms with E-state index in [-0.39, 0.29) is 0 Å². The largest absolute Gasteiger partial charge is 0.330 e. The Hall–Kier alpha value is -3.75. The van der Waals surface area contributed by atoms with Gasteiger partial charge in [-0.25, -0.2) is 0 Å². The molecule has 0 aliphatic heterocycles. The zero-order valence-corrected chi connectivity index (χ0v) is 16.9. The van der Waals surface area contributed by atoms with Gasteiger partial charge in [0.15, 0.2) is 0 Å². The summed E-state index contributed by atoms with van der Waals surface area (Å²) in [4.78, 5) is 4.63. The average molecular weight is 393 g/mol. The Labute approximate surface area is 176 Å². The molecule has 0 fully saturated rings. The number of nitrogens with two attached hydrogens (primary N) is 1. The summed E-state index contributed by atoms with van der Waals surface area (Å²) >= 11 is 0. The van der Waals surface area contributed by atoms with Crippen LogP contribution in [0, 0.1) is 18.3 Å². The Kier molecular flexibility index (Phi) is 5.69. The van der Waals surface area contributed by atoms with Crippen LogP contribution in [0.5, 0.6) is 0 Å². The summed E-state index contributed by atoms with van der Waals surface area (Å²) in [6.45, 7) is 3.22. The van der Waals surface area contributed by atoms with E-state index in [9.17, 15) is 5.26 Å². The maximum atomic E-state index is 9.39. The van der Waals surface area contributed by atoms with Crippen LogP contribution in [0.3, 0.4) is 0 Å². The first-order valence-electron chi connectivity index (χ1n) is 9.96. The first-order valence-corrected chi connectivity index (χ1v) is 9.96. The molecule has 0 saturated heterocycles. The predicted octanol–water partition coefficient (Wildman–Crippen LogP) is 4.34. The van der Waals surface area contributed by atoms with Crippen LogP contribution in [0.25, 0.3) is 22.5 Å². The lowest BCUT2D eigenvalue weighted by atomic mass is 10.0. The molecule has 2 N–H and O–H groups in total. The van der Waals surface area contributed by atoms with Crippen molar-refractivity contribution in [3.8, 4) is 28.6 Å². The lowest BCUT2D eigenvalue weighted by Gasteiger charge is -2.12. The van der Waals surface area contributed by atoms with Gasteiger partial charge in [0.2, 0.25) is 0 Å². The van der Waals surface area contributed by atoms with Gasteiger partial charge in [0.1, 0.15) is 0 Å². The fraction of sp³-hybridized carbons (Fsp3) is 0.160. The number of pyridine rings is 1. The molecule has 0 unspecified atom stereocenters. The van der Waals surface area contributed by atoms with Gasteiger partial charge in [0.25, 0.3) is 0 Å². The van der Waals surface area contributed by atoms with Gasteiger partial charge in [0, 0.05) is 23.0 Å². The summed E-state index contributed by atoms with van der Waals surface area (Å²) in [5, 5.41) is 14.2. The molecular formula is C25H23N5. The number of aromatic nitrogens is 3. The van der Waals surface area contributed by atoms with Crippen LogP contribution in [0.4, 0.5) is 0 Å². The van der Waals surface area contributed by atoms with Crippen molar-refractivity contribution in [2.45, 2.75) is 19.9 Å². The fourth-order valence-corrected chi connectivity index (χ4v) is 3.52. The van der Waals surface area contributed by atoms with Crippen LogP contribution in [-0.2, 0) is 13.0 Å². The number of nitriles is 1. The highest BCUT2D eigenvalue weighted by Crippen LogP contribution is 2.26. The van der Waals surface area contributed by atoms with Gasteiger partial charge in [0.05, 0.1) is 29.6 Å². The van der Waals surface area contributed by atoms with E-state index in [2.05, 4.69) is 35.3 Å². The molecule has 2 heterocycles. The Morgan fingerprint density at radius 2 is 1.83 bits per heavy atom. The number of hydrogen-bond acceptors (Lipinski definition) is 4. The molecule has 5 heteroatoms. The smallest absolute Gasteiger partial charge is 0.0991 e. The molecule has 0 atom stereocenters. The monoisotopic (exact) mass is 393 g/mol. The SMILES string of the molecule is Cc1cc(-c2ccccc2)nn1Cc1cc(C#N)ccc1-c1ccc(CCN)cn1. The van der Waals surface area contributed by atoms with Crippen molar-refractivity contribution in [1.29, 1.82) is 5.26 Å². The average Bonchev–Trinajstić information content (AvgIpc) is 3.15. The molecule has 0 aliphatic carbocycles. The van der Waals surface area contributed by atoms with Gasteiger partial charge < -0.3 is 5.73 Å². The molecule has 30 heavy (non-hydrogen) atoms. The molecule has 0 aliphatic rings. The summed E-state index contributed by atoms with van der Waals surface area (Å²) in [6, 6.07) is 24.3. The van der Waals surface area contributed by atoms with E-state index in [1.165, 1.54) is 0 Å². The number of benzene rings is 2. The van der Waals surface area contributed by atoms with Gasteiger partial charge in [-0.3, -0.25) is 9.67 Å². The lowest BCUT2D eigenvalue weighted by Crippen LogP contribution is -2.06. The third-order valence-corrected chi connectivity index (χ3v) is 5.14. The topological polar surface area (TPSA) is 80.5 Å². The van der Waals surface area contributed by atoms with Crippen LogP contribution in [0.1, 0.15) is 22.4 Å². The van der Waals surface area contributed by atoms with Gasteiger partial charge >= 0.3 is 0 Å². The molecule has 2 aromatic carbocycles. The van der Waals surface area contributed by atoms with Crippen LogP contribution in [-0.4, -0.2) is 21.3 Å². The van der Waals surface area contributed by atoms with E-state index in [1.807, 2.05) is 60.3 Å². The van der Waals surface area contributed by atoms with Gasteiger partial charge in [-0.1, -0.05) is 42.5 Å². The molecular weight excluding hydrogens is 370 g/mol. The second kappa shape index (κ2) is 8.73. The highest BCUT2D eigenvalue weighted by Gasteiger charge is 2.12. The minimum Gasteiger partial charge on any atom is -0.330 e. The van der Waals surface area contributed by atoms with E-state index in [1.54, 1.807) is 0 Å². The number of nitrogens with zero attached hydrogens (tertiary/aromatic N) is 4. The fourth-order valence-electron chi connectivity index (χ4n) is 3.52. The molecule has 148 valence electrons. The van der Waals surface area contributed by atoms with Crippen LogP contribution >= 0.6 is 0 Å². The minimum absolute atomic E-state index is 0.565. The van der Waals surface area contributed by atoms with Crippen molar-refractivity contribution >= 4 is 0 Å². The van der Waals surface area contributed by atoms with Crippen molar-refractivity contribution in [2.24, 2.45) is 5.73 Å². The Bertz CT molecular complexity index is 1180. The normalized spacial score (nSPS) is 10.7. The number of aryl methyl sites for hydroxylation is 1. The standard InChI is InChI=1S/C25H23N5/c1-18-13-25(21-5-3-2-4-6-21)29-30(18)17-22-14-20(15-27)7-9-23(22)24-10-8-19(11-12-26)16-28-24/h2-10,13-14,16H,11-12,17,26H2,1H3. The van der Waals surface area contributed by atoms with Crippen molar-refractivity contribution in [1.82, 2.24) is 14.8 Å². The molecule has 0 radical (unpaired) electrons. The quantitative estimate of drug-likeness (QED) is 0.528. The minimum atomic E-state index is 0.565. The number of rotatable bonds is 6. The first-order chi connectivity index (χ1) is 14.7. The second-order valence-electron chi connectivity index (χ2n) is 7.27. The van der Waals surface area contributed by atoms with E-state index in [4.69, 9.17) is 10.8 Å². The number of hydrogen-bond donors (Lipinski definition) is 1. The van der Waals surface area contributed by atoms with Crippen LogP contribution in [0.2, 0.25) is 0 Å². The van der Waals surface area contributed by atoms with E-state index < -0.39 is 0 Å². The zero-order chi connectivity index (χ0) is 20.9. The van der Waals surface area contributed by atoms with Crippen LogP contribution < -0.4 is 5.73 Å². The molecule has 4 aromatic rings. The second-order valence-corrected chi connectivity index (χ2v) is 7.27. The van der Waals surface area contributed by atoms with E-state index in [0.717, 1.165) is 45.8 Å². The van der Waals surface area contributed by atoms with Crippen molar-refractivity contribution in [2.75, 3.05) is 6.54 Å². The summed E-state index contributed by atoms with van der Waals surface area (Å²) in [7, 11) is 0. The van der Waals surface area contributed by atoms with Gasteiger partial charge in [-0.2, -0.15) is 10.4 Å². The molecule has 0 spiro atoms. The molecule has 5 nitrogen and oxygen atoms in total. The first kappa shape index (κ1) is 19.6. The molecule has 2 aromatic heterocycles. The lowest BCUT2D eigenvalue weighted by molar-refractivity contribution is 0.668. The summed E-state index contributed by atoms with van der Waals surface area (Å²) < 4.78 is 1.98. The highest BCUT2D eigenvalue weighted by molar-refractivity contribution is 5.65. The Balaban J connectivity index is 1.70. The van der Waals surface area contributed by atoms with Crippen molar-refractivity contribution in [3.63, 3.8) is 0 Å². The van der Waals surface area contributed by atoms with Crippen molar-refractivity contribution < 1.29 is 0 Å². The Morgan fingerprint density at radius 3 is 2.53 bits per heavy atom. The highest BCUT2D eigenvalue weighted by atomic mass is 15.3. The molecule has 0 amide bonds. The third kappa shape index (κ3) is 4.14. The van der Waals surface area contributed by atoms with E-state index >= 15 is 0 Å². The van der Waals surface area contributed by atoms with Crippen LogP contribution in [0.15, 0.2) is 72.9 Å². The van der Waals surface area contributed by atoms with Crippen molar-refractivity contribution in [3.05, 3.63) is 95.3 Å². The molecule has 4 rings (SSSR count). The Morgan fingerprint density at radius 1 is 1.00 bits per heavy atom. The zero-order valence-electron chi connectivity index (χ0n) is 16.9. The molecule has 0 saturated carbocycles.